The lowest BCUT2D eigenvalue weighted by Crippen LogP contribution is -2.02. The van der Waals surface area contributed by atoms with E-state index in [0.29, 0.717) is 0 Å². The number of aliphatic hydroxyl groups is 1. The number of aliphatic hydroxyl groups excluding tert-OH is 1. The molecule has 0 amide bonds. The van der Waals surface area contributed by atoms with Gasteiger partial charge in [0.1, 0.15) is 6.10 Å². The van der Waals surface area contributed by atoms with E-state index < -0.39 is 6.10 Å². The van der Waals surface area contributed by atoms with Crippen LogP contribution in [-0.2, 0) is 0 Å². The summed E-state index contributed by atoms with van der Waals surface area (Å²) in [5.41, 5.74) is 1.13. The standard InChI is InChI=1S/C12H11NO/c1-10(9-13)12(14)8-7-11-5-3-2-4-6-11/h2-8,12,14H,1H2/b8-7+. The molecule has 0 bridgehead atoms. The molecule has 0 radical (unpaired) electrons. The van der Waals surface area contributed by atoms with E-state index in [4.69, 9.17) is 5.26 Å². The van der Waals surface area contributed by atoms with Gasteiger partial charge in [-0.3, -0.25) is 0 Å². The molecule has 0 aliphatic carbocycles. The SMILES string of the molecule is C=C(C#N)C(O)/C=C/c1ccccc1. The monoisotopic (exact) mass is 185 g/mol. The molecule has 1 aromatic rings. The van der Waals surface area contributed by atoms with E-state index in [1.807, 2.05) is 30.3 Å². The molecule has 0 heterocycles. The number of nitrogens with zero attached hydrogens (tertiary/aromatic N) is 1. The van der Waals surface area contributed by atoms with E-state index in [-0.39, 0.29) is 5.57 Å². The first-order valence-corrected chi connectivity index (χ1v) is 4.24. The van der Waals surface area contributed by atoms with Crippen LogP contribution in [0.25, 0.3) is 6.08 Å². The van der Waals surface area contributed by atoms with Crippen LogP contribution in [0.4, 0.5) is 0 Å². The largest absolute Gasteiger partial charge is 0.384 e. The maximum Gasteiger partial charge on any atom is 0.107 e. The molecule has 14 heavy (non-hydrogen) atoms. The van der Waals surface area contributed by atoms with Gasteiger partial charge < -0.3 is 5.11 Å². The van der Waals surface area contributed by atoms with Crippen molar-refractivity contribution in [2.24, 2.45) is 0 Å². The average molecular weight is 185 g/mol. The zero-order valence-corrected chi connectivity index (χ0v) is 7.72. The molecule has 0 fully saturated rings. The Kier molecular flexibility index (Phi) is 3.66. The smallest absolute Gasteiger partial charge is 0.107 e. The molecule has 0 spiro atoms. The van der Waals surface area contributed by atoms with Gasteiger partial charge in [0.2, 0.25) is 0 Å². The summed E-state index contributed by atoms with van der Waals surface area (Å²) in [5.74, 6) is 0. The zero-order valence-electron chi connectivity index (χ0n) is 7.72. The molecule has 1 atom stereocenters. The Labute approximate surface area is 83.4 Å². The first-order valence-electron chi connectivity index (χ1n) is 4.24. The summed E-state index contributed by atoms with van der Waals surface area (Å²) >= 11 is 0. The maximum atomic E-state index is 9.37. The number of benzene rings is 1. The third kappa shape index (κ3) is 2.89. The highest BCUT2D eigenvalue weighted by molar-refractivity contribution is 5.50. The second-order valence-electron chi connectivity index (χ2n) is 2.85. The quantitative estimate of drug-likeness (QED) is 0.733. The van der Waals surface area contributed by atoms with Crippen LogP contribution in [0.15, 0.2) is 48.6 Å². The summed E-state index contributed by atoms with van der Waals surface area (Å²) in [6.45, 7) is 3.42. The van der Waals surface area contributed by atoms with Gasteiger partial charge in [0.05, 0.1) is 11.6 Å². The van der Waals surface area contributed by atoms with Gasteiger partial charge in [-0.25, -0.2) is 0 Å². The lowest BCUT2D eigenvalue weighted by atomic mass is 10.1. The highest BCUT2D eigenvalue weighted by Gasteiger charge is 2.01. The van der Waals surface area contributed by atoms with Gasteiger partial charge >= 0.3 is 0 Å². The van der Waals surface area contributed by atoms with Crippen LogP contribution < -0.4 is 0 Å². The molecular weight excluding hydrogens is 174 g/mol. The molecule has 1 aromatic carbocycles. The van der Waals surface area contributed by atoms with E-state index in [1.54, 1.807) is 18.2 Å². The van der Waals surface area contributed by atoms with Gasteiger partial charge in [-0.15, -0.1) is 0 Å². The van der Waals surface area contributed by atoms with Crippen molar-refractivity contribution in [3.63, 3.8) is 0 Å². The Morgan fingerprint density at radius 3 is 2.64 bits per heavy atom. The summed E-state index contributed by atoms with van der Waals surface area (Å²) in [4.78, 5) is 0. The molecular formula is C12H11NO. The molecule has 2 heteroatoms. The highest BCUT2D eigenvalue weighted by atomic mass is 16.3. The molecule has 0 saturated heterocycles. The second-order valence-corrected chi connectivity index (χ2v) is 2.85. The number of hydrogen-bond donors (Lipinski definition) is 1. The van der Waals surface area contributed by atoms with E-state index >= 15 is 0 Å². The van der Waals surface area contributed by atoms with Crippen molar-refractivity contribution < 1.29 is 5.11 Å². The summed E-state index contributed by atoms with van der Waals surface area (Å²) in [7, 11) is 0. The van der Waals surface area contributed by atoms with Crippen molar-refractivity contribution in [1.82, 2.24) is 0 Å². The average Bonchev–Trinajstić information content (AvgIpc) is 2.26. The van der Waals surface area contributed by atoms with Gasteiger partial charge in [0.25, 0.3) is 0 Å². The predicted octanol–water partition coefficient (Wildman–Crippen LogP) is 2.14. The van der Waals surface area contributed by atoms with E-state index in [1.165, 1.54) is 0 Å². The zero-order chi connectivity index (χ0) is 10.4. The van der Waals surface area contributed by atoms with Crippen LogP contribution in [0.1, 0.15) is 5.56 Å². The van der Waals surface area contributed by atoms with Gasteiger partial charge in [-0.2, -0.15) is 5.26 Å². The van der Waals surface area contributed by atoms with E-state index in [9.17, 15) is 5.11 Å². The van der Waals surface area contributed by atoms with Crippen LogP contribution in [0.2, 0.25) is 0 Å². The molecule has 1 unspecified atom stereocenters. The number of nitriles is 1. The van der Waals surface area contributed by atoms with Gasteiger partial charge in [-0.05, 0) is 5.56 Å². The minimum Gasteiger partial charge on any atom is -0.384 e. The van der Waals surface area contributed by atoms with Gasteiger partial charge in [0.15, 0.2) is 0 Å². The van der Waals surface area contributed by atoms with Crippen molar-refractivity contribution in [1.29, 1.82) is 5.26 Å². The molecule has 0 aromatic heterocycles. The van der Waals surface area contributed by atoms with Crippen LogP contribution in [0.5, 0.6) is 0 Å². The van der Waals surface area contributed by atoms with Crippen molar-refractivity contribution in [3.05, 3.63) is 54.1 Å². The number of hydrogen-bond acceptors (Lipinski definition) is 2. The fourth-order valence-corrected chi connectivity index (χ4v) is 0.949. The van der Waals surface area contributed by atoms with Crippen molar-refractivity contribution in [2.75, 3.05) is 0 Å². The molecule has 0 aliphatic heterocycles. The Balaban J connectivity index is 2.66. The molecule has 2 nitrogen and oxygen atoms in total. The molecule has 70 valence electrons. The van der Waals surface area contributed by atoms with Crippen LogP contribution in [0, 0.1) is 11.3 Å². The summed E-state index contributed by atoms with van der Waals surface area (Å²) in [5, 5.41) is 17.8. The first kappa shape index (κ1) is 10.2. The molecule has 1 N–H and O–H groups in total. The third-order valence-electron chi connectivity index (χ3n) is 1.77. The molecule has 0 aliphatic rings. The Bertz CT molecular complexity index is 373. The fraction of sp³-hybridized carbons (Fsp3) is 0.0833. The molecule has 1 rings (SSSR count). The Hall–Kier alpha value is -1.85. The fourth-order valence-electron chi connectivity index (χ4n) is 0.949. The van der Waals surface area contributed by atoms with E-state index in [2.05, 4.69) is 6.58 Å². The second kappa shape index (κ2) is 5.00. The molecule has 0 saturated carbocycles. The van der Waals surface area contributed by atoms with Crippen molar-refractivity contribution in [2.45, 2.75) is 6.10 Å². The van der Waals surface area contributed by atoms with Crippen LogP contribution in [0.3, 0.4) is 0 Å². The van der Waals surface area contributed by atoms with Crippen LogP contribution in [-0.4, -0.2) is 11.2 Å². The van der Waals surface area contributed by atoms with Crippen molar-refractivity contribution >= 4 is 6.08 Å². The highest BCUT2D eigenvalue weighted by Crippen LogP contribution is 2.05. The third-order valence-corrected chi connectivity index (χ3v) is 1.77. The van der Waals surface area contributed by atoms with Gasteiger partial charge in [-0.1, -0.05) is 49.1 Å². The number of rotatable bonds is 3. The predicted molar refractivity (Wildman–Crippen MR) is 56.2 cm³/mol. The van der Waals surface area contributed by atoms with Gasteiger partial charge in [0, 0.05) is 0 Å². The summed E-state index contributed by atoms with van der Waals surface area (Å²) < 4.78 is 0. The minimum atomic E-state index is -0.889. The lowest BCUT2D eigenvalue weighted by molar-refractivity contribution is 0.265. The minimum absolute atomic E-state index is 0.150. The summed E-state index contributed by atoms with van der Waals surface area (Å²) in [6.07, 6.45) is 2.41. The Morgan fingerprint density at radius 1 is 1.43 bits per heavy atom. The first-order chi connectivity index (χ1) is 6.74. The lowest BCUT2D eigenvalue weighted by Gasteiger charge is -2.00. The summed E-state index contributed by atoms with van der Waals surface area (Å²) in [6, 6.07) is 11.4. The normalized spacial score (nSPS) is 12.3. The van der Waals surface area contributed by atoms with Crippen LogP contribution >= 0.6 is 0 Å². The van der Waals surface area contributed by atoms with Crippen molar-refractivity contribution in [3.8, 4) is 6.07 Å². The topological polar surface area (TPSA) is 44.0 Å². The van der Waals surface area contributed by atoms with E-state index in [0.717, 1.165) is 5.56 Å². The maximum absolute atomic E-state index is 9.37. The Morgan fingerprint density at radius 2 is 2.07 bits per heavy atom.